The number of rotatable bonds is 3. The molecule has 1 unspecified atom stereocenters. The fraction of sp³-hybridized carbons (Fsp3) is 0.571. The minimum absolute atomic E-state index is 0.115. The molecule has 1 aliphatic rings. The number of nitrogens with one attached hydrogen (secondary N) is 1. The van der Waals surface area contributed by atoms with Crippen molar-refractivity contribution in [2.75, 3.05) is 11.9 Å². The summed E-state index contributed by atoms with van der Waals surface area (Å²) in [7, 11) is 0. The van der Waals surface area contributed by atoms with Crippen molar-refractivity contribution >= 4 is 5.69 Å². The fourth-order valence-electron chi connectivity index (χ4n) is 2.93. The zero-order valence-corrected chi connectivity index (χ0v) is 10.3. The molecule has 1 aliphatic heterocycles. The predicted molar refractivity (Wildman–Crippen MR) is 66.3 cm³/mol. The van der Waals surface area contributed by atoms with Crippen LogP contribution in [0, 0.1) is 11.7 Å². The highest BCUT2D eigenvalue weighted by Crippen LogP contribution is 2.45. The predicted octanol–water partition coefficient (Wildman–Crippen LogP) is 3.95. The zero-order valence-electron chi connectivity index (χ0n) is 10.3. The number of hydrogen-bond acceptors (Lipinski definition) is 1. The summed E-state index contributed by atoms with van der Waals surface area (Å²) in [6.07, 6.45) is 2.25. The van der Waals surface area contributed by atoms with Crippen LogP contribution in [-0.4, -0.2) is 6.54 Å². The van der Waals surface area contributed by atoms with Gasteiger partial charge in [-0.3, -0.25) is 0 Å². The first-order valence-electron chi connectivity index (χ1n) is 6.14. The lowest BCUT2D eigenvalue weighted by Crippen LogP contribution is -2.34. The standard InChI is InChI=1S/C14H20FN/c1-4-8-14(10(2)3)9-16-13-11(14)6-5-7-12(13)15/h5-7,10,16H,4,8-9H2,1-3H3. The quantitative estimate of drug-likeness (QED) is 0.815. The first-order valence-corrected chi connectivity index (χ1v) is 6.14. The largest absolute Gasteiger partial charge is 0.382 e. The van der Waals surface area contributed by atoms with Crippen molar-refractivity contribution in [1.29, 1.82) is 0 Å². The van der Waals surface area contributed by atoms with Crippen LogP contribution < -0.4 is 5.32 Å². The lowest BCUT2D eigenvalue weighted by molar-refractivity contribution is 0.310. The normalized spacial score (nSPS) is 23.3. The summed E-state index contributed by atoms with van der Waals surface area (Å²) < 4.78 is 13.7. The molecule has 0 aliphatic carbocycles. The average molecular weight is 221 g/mol. The molecule has 88 valence electrons. The molecule has 0 spiro atoms. The number of anilines is 1. The second-order valence-electron chi connectivity index (χ2n) is 5.08. The molecule has 1 atom stereocenters. The topological polar surface area (TPSA) is 12.0 Å². The number of para-hydroxylation sites is 1. The van der Waals surface area contributed by atoms with E-state index in [9.17, 15) is 4.39 Å². The van der Waals surface area contributed by atoms with E-state index in [2.05, 4.69) is 32.2 Å². The van der Waals surface area contributed by atoms with Crippen LogP contribution in [0.5, 0.6) is 0 Å². The number of fused-ring (bicyclic) bond motifs is 1. The molecule has 0 saturated carbocycles. The van der Waals surface area contributed by atoms with Gasteiger partial charge in [0.25, 0.3) is 0 Å². The summed E-state index contributed by atoms with van der Waals surface area (Å²) in [6.45, 7) is 7.53. The molecule has 16 heavy (non-hydrogen) atoms. The van der Waals surface area contributed by atoms with Crippen molar-refractivity contribution in [2.24, 2.45) is 5.92 Å². The van der Waals surface area contributed by atoms with E-state index >= 15 is 0 Å². The molecule has 1 aromatic rings. The van der Waals surface area contributed by atoms with E-state index in [0.717, 1.165) is 25.1 Å². The third kappa shape index (κ3) is 1.51. The van der Waals surface area contributed by atoms with Gasteiger partial charge in [0.15, 0.2) is 0 Å². The molecule has 0 radical (unpaired) electrons. The molecule has 1 nitrogen and oxygen atoms in total. The van der Waals surface area contributed by atoms with Gasteiger partial charge in [-0.05, 0) is 24.0 Å². The van der Waals surface area contributed by atoms with Crippen LogP contribution in [0.15, 0.2) is 18.2 Å². The summed E-state index contributed by atoms with van der Waals surface area (Å²) in [4.78, 5) is 0. The van der Waals surface area contributed by atoms with E-state index in [4.69, 9.17) is 0 Å². The van der Waals surface area contributed by atoms with Crippen molar-refractivity contribution in [3.05, 3.63) is 29.6 Å². The van der Waals surface area contributed by atoms with Gasteiger partial charge in [0, 0.05) is 12.0 Å². The van der Waals surface area contributed by atoms with Crippen LogP contribution in [0.4, 0.5) is 10.1 Å². The lowest BCUT2D eigenvalue weighted by Gasteiger charge is -2.33. The Morgan fingerprint density at radius 3 is 2.81 bits per heavy atom. The third-order valence-corrected chi connectivity index (χ3v) is 3.93. The maximum atomic E-state index is 13.7. The van der Waals surface area contributed by atoms with Gasteiger partial charge in [0.2, 0.25) is 0 Å². The van der Waals surface area contributed by atoms with Crippen LogP contribution in [-0.2, 0) is 5.41 Å². The van der Waals surface area contributed by atoms with E-state index in [1.165, 1.54) is 11.6 Å². The first kappa shape index (κ1) is 11.4. The average Bonchev–Trinajstić information content (AvgIpc) is 2.61. The van der Waals surface area contributed by atoms with Crippen molar-refractivity contribution < 1.29 is 4.39 Å². The molecule has 0 bridgehead atoms. The minimum Gasteiger partial charge on any atom is -0.382 e. The molecule has 1 heterocycles. The maximum absolute atomic E-state index is 13.7. The Morgan fingerprint density at radius 2 is 2.19 bits per heavy atom. The Hall–Kier alpha value is -1.05. The molecule has 0 fully saturated rings. The lowest BCUT2D eigenvalue weighted by atomic mass is 9.70. The van der Waals surface area contributed by atoms with Gasteiger partial charge in [-0.25, -0.2) is 4.39 Å². The number of benzene rings is 1. The molecule has 1 aromatic carbocycles. The molecule has 2 heteroatoms. The zero-order chi connectivity index (χ0) is 11.8. The summed E-state index contributed by atoms with van der Waals surface area (Å²) in [5, 5.41) is 3.25. The van der Waals surface area contributed by atoms with E-state index in [1.807, 2.05) is 6.07 Å². The molecule has 0 aromatic heterocycles. The van der Waals surface area contributed by atoms with E-state index in [0.29, 0.717) is 5.92 Å². The van der Waals surface area contributed by atoms with Gasteiger partial charge in [0.1, 0.15) is 5.82 Å². The van der Waals surface area contributed by atoms with Gasteiger partial charge in [-0.2, -0.15) is 0 Å². The molecule has 1 N–H and O–H groups in total. The summed E-state index contributed by atoms with van der Waals surface area (Å²) in [5.74, 6) is 0.416. The van der Waals surface area contributed by atoms with Gasteiger partial charge in [-0.1, -0.05) is 39.3 Å². The number of halogens is 1. The van der Waals surface area contributed by atoms with Gasteiger partial charge >= 0.3 is 0 Å². The first-order chi connectivity index (χ1) is 7.62. The monoisotopic (exact) mass is 221 g/mol. The molecular formula is C14H20FN. The van der Waals surface area contributed by atoms with Crippen molar-refractivity contribution in [1.82, 2.24) is 0 Å². The van der Waals surface area contributed by atoms with Crippen LogP contribution in [0.2, 0.25) is 0 Å². The second kappa shape index (κ2) is 4.08. The Morgan fingerprint density at radius 1 is 1.44 bits per heavy atom. The van der Waals surface area contributed by atoms with Crippen molar-refractivity contribution in [2.45, 2.75) is 39.0 Å². The number of hydrogen-bond donors (Lipinski definition) is 1. The van der Waals surface area contributed by atoms with Gasteiger partial charge in [-0.15, -0.1) is 0 Å². The van der Waals surface area contributed by atoms with Crippen molar-refractivity contribution in [3.8, 4) is 0 Å². The van der Waals surface area contributed by atoms with E-state index < -0.39 is 0 Å². The Labute approximate surface area is 97.1 Å². The highest BCUT2D eigenvalue weighted by molar-refractivity contribution is 5.61. The van der Waals surface area contributed by atoms with Crippen LogP contribution in [0.25, 0.3) is 0 Å². The van der Waals surface area contributed by atoms with Gasteiger partial charge in [0.05, 0.1) is 5.69 Å². The fourth-order valence-corrected chi connectivity index (χ4v) is 2.93. The van der Waals surface area contributed by atoms with Gasteiger partial charge < -0.3 is 5.32 Å². The molecule has 0 saturated heterocycles. The van der Waals surface area contributed by atoms with Crippen LogP contribution in [0.3, 0.4) is 0 Å². The summed E-state index contributed by atoms with van der Waals surface area (Å²) >= 11 is 0. The Kier molecular flexibility index (Phi) is 2.92. The second-order valence-corrected chi connectivity index (χ2v) is 5.08. The SMILES string of the molecule is CCCC1(C(C)C)CNc2c(F)cccc21. The summed E-state index contributed by atoms with van der Waals surface area (Å²) in [5.41, 5.74) is 2.01. The highest BCUT2D eigenvalue weighted by atomic mass is 19.1. The Bertz CT molecular complexity index is 386. The van der Waals surface area contributed by atoms with E-state index in [-0.39, 0.29) is 11.2 Å². The molecule has 0 amide bonds. The maximum Gasteiger partial charge on any atom is 0.146 e. The summed E-state index contributed by atoms with van der Waals surface area (Å²) in [6, 6.07) is 5.44. The highest BCUT2D eigenvalue weighted by Gasteiger charge is 2.41. The van der Waals surface area contributed by atoms with Crippen molar-refractivity contribution in [3.63, 3.8) is 0 Å². The molecule has 2 rings (SSSR count). The third-order valence-electron chi connectivity index (χ3n) is 3.93. The van der Waals surface area contributed by atoms with E-state index in [1.54, 1.807) is 0 Å². The van der Waals surface area contributed by atoms with Crippen LogP contribution in [0.1, 0.15) is 39.2 Å². The Balaban J connectivity index is 2.50. The minimum atomic E-state index is -0.115. The smallest absolute Gasteiger partial charge is 0.146 e. The molecular weight excluding hydrogens is 201 g/mol. The van der Waals surface area contributed by atoms with Crippen LogP contribution >= 0.6 is 0 Å².